The van der Waals surface area contributed by atoms with Gasteiger partial charge in [-0.2, -0.15) is 0 Å². The molecule has 0 aliphatic carbocycles. The fourth-order valence-electron chi connectivity index (χ4n) is 3.22. The fraction of sp³-hybridized carbons (Fsp3) is 0.0833. The van der Waals surface area contributed by atoms with E-state index in [0.717, 1.165) is 22.1 Å². The van der Waals surface area contributed by atoms with Crippen molar-refractivity contribution in [1.82, 2.24) is 10.3 Å². The number of aromatic amines is 1. The van der Waals surface area contributed by atoms with Crippen LogP contribution in [0.3, 0.4) is 0 Å². The summed E-state index contributed by atoms with van der Waals surface area (Å²) in [6.45, 7) is 0.510. The molecule has 1 aromatic heterocycles. The van der Waals surface area contributed by atoms with Crippen LogP contribution in [0.1, 0.15) is 15.9 Å². The third kappa shape index (κ3) is 5.54. The van der Waals surface area contributed by atoms with Crippen molar-refractivity contribution in [3.63, 3.8) is 0 Å². The number of hydrogen-bond acceptors (Lipinski definition) is 2. The van der Waals surface area contributed by atoms with Crippen LogP contribution in [0.2, 0.25) is 5.02 Å². The minimum Gasteiger partial charge on any atom is -0.361 e. The van der Waals surface area contributed by atoms with E-state index in [1.54, 1.807) is 24.3 Å². The number of carbonyl (C=O) groups excluding carboxylic acids is 1. The average molecular weight is 496 g/mol. The minimum atomic E-state index is -0.280. The lowest BCUT2D eigenvalue weighted by Gasteiger charge is -2.12. The van der Waals surface area contributed by atoms with Crippen LogP contribution in [0.15, 0.2) is 88.5 Å². The molecule has 31 heavy (non-hydrogen) atoms. The van der Waals surface area contributed by atoms with Crippen molar-refractivity contribution in [2.45, 2.75) is 6.42 Å². The van der Waals surface area contributed by atoms with Gasteiger partial charge in [0.15, 0.2) is 0 Å². The van der Waals surface area contributed by atoms with E-state index >= 15 is 0 Å². The van der Waals surface area contributed by atoms with Crippen LogP contribution < -0.4 is 10.6 Å². The number of fused-ring (bicyclic) bond motifs is 1. The second kappa shape index (κ2) is 9.81. The number of hydrogen-bond donors (Lipinski definition) is 3. The summed E-state index contributed by atoms with van der Waals surface area (Å²) in [7, 11) is 0. The smallest absolute Gasteiger partial charge is 0.258 e. The molecule has 0 bridgehead atoms. The van der Waals surface area contributed by atoms with Crippen molar-refractivity contribution >= 4 is 56.0 Å². The number of nitrogens with zero attached hydrogens (tertiary/aromatic N) is 1. The molecule has 0 aliphatic heterocycles. The number of nitrogens with one attached hydrogen (secondary N) is 3. The van der Waals surface area contributed by atoms with Crippen molar-refractivity contribution in [1.29, 1.82) is 0 Å². The number of H-pyrrole nitrogens is 1. The van der Waals surface area contributed by atoms with Crippen LogP contribution >= 0.6 is 27.5 Å². The van der Waals surface area contributed by atoms with Gasteiger partial charge in [-0.05, 0) is 60.5 Å². The highest BCUT2D eigenvalue weighted by Gasteiger charge is 2.10. The quantitative estimate of drug-likeness (QED) is 0.234. The first-order valence-corrected chi connectivity index (χ1v) is 10.9. The van der Waals surface area contributed by atoms with Crippen molar-refractivity contribution in [2.75, 3.05) is 11.9 Å². The maximum atomic E-state index is 12.7. The molecule has 3 aromatic carbocycles. The number of carbonyl (C=O) groups is 1. The number of guanidine groups is 1. The third-order valence-corrected chi connectivity index (χ3v) is 5.52. The van der Waals surface area contributed by atoms with Crippen molar-refractivity contribution in [2.24, 2.45) is 4.99 Å². The van der Waals surface area contributed by atoms with E-state index in [1.807, 2.05) is 48.7 Å². The lowest BCUT2D eigenvalue weighted by atomic mass is 10.1. The Morgan fingerprint density at radius 1 is 1.03 bits per heavy atom. The standard InChI is InChI=1S/C24H20BrClN4O/c25-18-8-10-20(11-9-18)29-24(30-23(31)16-4-3-5-19(26)14-16)27-13-12-17-15-28-22-7-2-1-6-21(17)22/h1-11,14-15,28H,12-13H2,(H2,27,29,30,31). The molecule has 3 N–H and O–H groups in total. The highest BCUT2D eigenvalue weighted by Crippen LogP contribution is 2.18. The van der Waals surface area contributed by atoms with Gasteiger partial charge >= 0.3 is 0 Å². The highest BCUT2D eigenvalue weighted by molar-refractivity contribution is 9.10. The zero-order valence-electron chi connectivity index (χ0n) is 16.5. The summed E-state index contributed by atoms with van der Waals surface area (Å²) in [4.78, 5) is 20.6. The Kier molecular flexibility index (Phi) is 6.70. The van der Waals surface area contributed by atoms with E-state index in [9.17, 15) is 4.79 Å². The van der Waals surface area contributed by atoms with Crippen LogP contribution in [0.25, 0.3) is 10.9 Å². The first kappa shape index (κ1) is 21.2. The van der Waals surface area contributed by atoms with Crippen LogP contribution in [0.4, 0.5) is 5.69 Å². The molecule has 0 atom stereocenters. The van der Waals surface area contributed by atoms with Crippen LogP contribution in [-0.4, -0.2) is 23.4 Å². The number of amides is 1. The molecule has 0 spiro atoms. The third-order valence-electron chi connectivity index (χ3n) is 4.75. The lowest BCUT2D eigenvalue weighted by Crippen LogP contribution is -2.36. The molecule has 0 radical (unpaired) electrons. The molecule has 5 nitrogen and oxygen atoms in total. The number of para-hydroxylation sites is 1. The van der Waals surface area contributed by atoms with E-state index < -0.39 is 0 Å². The van der Waals surface area contributed by atoms with Gasteiger partial charge in [0.05, 0.1) is 0 Å². The second-order valence-electron chi connectivity index (χ2n) is 6.94. The molecule has 0 aliphatic rings. The van der Waals surface area contributed by atoms with Crippen molar-refractivity contribution in [3.8, 4) is 0 Å². The molecule has 1 heterocycles. The molecule has 156 valence electrons. The molecule has 4 aromatic rings. The predicted molar refractivity (Wildman–Crippen MR) is 131 cm³/mol. The monoisotopic (exact) mass is 494 g/mol. The predicted octanol–water partition coefficient (Wildman–Crippen LogP) is 6.02. The Bertz CT molecular complexity index is 1230. The summed E-state index contributed by atoms with van der Waals surface area (Å²) in [6, 6.07) is 22.6. The maximum Gasteiger partial charge on any atom is 0.258 e. The van der Waals surface area contributed by atoms with E-state index in [-0.39, 0.29) is 5.91 Å². The summed E-state index contributed by atoms with van der Waals surface area (Å²) < 4.78 is 0.971. The largest absolute Gasteiger partial charge is 0.361 e. The molecule has 0 saturated heterocycles. The van der Waals surface area contributed by atoms with E-state index in [0.29, 0.717) is 23.1 Å². The Morgan fingerprint density at radius 2 is 1.84 bits per heavy atom. The zero-order valence-corrected chi connectivity index (χ0v) is 18.9. The molecule has 1 amide bonds. The van der Waals surface area contributed by atoms with Crippen LogP contribution in [0.5, 0.6) is 0 Å². The SMILES string of the molecule is O=C(NC(=NCCc1c[nH]c2ccccc12)Nc1ccc(Br)cc1)c1cccc(Cl)c1. The molecule has 0 unspecified atom stereocenters. The number of anilines is 1. The number of benzene rings is 3. The Morgan fingerprint density at radius 3 is 2.65 bits per heavy atom. The van der Waals surface area contributed by atoms with Crippen molar-refractivity contribution < 1.29 is 4.79 Å². The van der Waals surface area contributed by atoms with Gasteiger partial charge in [0, 0.05) is 44.4 Å². The van der Waals surface area contributed by atoms with Gasteiger partial charge in [0.2, 0.25) is 5.96 Å². The topological polar surface area (TPSA) is 69.3 Å². The van der Waals surface area contributed by atoms with Gasteiger partial charge in [0.1, 0.15) is 0 Å². The number of rotatable bonds is 5. The summed E-state index contributed by atoms with van der Waals surface area (Å²) in [5.74, 6) is 0.102. The molecule has 7 heteroatoms. The number of aliphatic imine (C=N–C) groups is 1. The van der Waals surface area contributed by atoms with Gasteiger partial charge < -0.3 is 10.3 Å². The molecular weight excluding hydrogens is 476 g/mol. The maximum absolute atomic E-state index is 12.7. The second-order valence-corrected chi connectivity index (χ2v) is 8.29. The zero-order chi connectivity index (χ0) is 21.6. The Balaban J connectivity index is 1.51. The van der Waals surface area contributed by atoms with E-state index in [4.69, 9.17) is 11.6 Å². The summed E-state index contributed by atoms with van der Waals surface area (Å²) in [6.07, 6.45) is 2.75. The summed E-state index contributed by atoms with van der Waals surface area (Å²) in [5, 5.41) is 7.75. The van der Waals surface area contributed by atoms with Gasteiger partial charge in [-0.25, -0.2) is 0 Å². The van der Waals surface area contributed by atoms with E-state index in [1.165, 1.54) is 10.9 Å². The van der Waals surface area contributed by atoms with E-state index in [2.05, 4.69) is 42.6 Å². The number of aromatic nitrogens is 1. The molecular formula is C24H20BrClN4O. The van der Waals surface area contributed by atoms with Gasteiger partial charge in [-0.1, -0.05) is 51.8 Å². The van der Waals surface area contributed by atoms with Crippen LogP contribution in [0, 0.1) is 0 Å². The van der Waals surface area contributed by atoms with Gasteiger partial charge in [0.25, 0.3) is 5.91 Å². The van der Waals surface area contributed by atoms with Gasteiger partial charge in [-0.3, -0.25) is 15.1 Å². The summed E-state index contributed by atoms with van der Waals surface area (Å²) in [5.41, 5.74) is 3.57. The van der Waals surface area contributed by atoms with Gasteiger partial charge in [-0.15, -0.1) is 0 Å². The Labute approximate surface area is 193 Å². The highest BCUT2D eigenvalue weighted by atomic mass is 79.9. The molecule has 4 rings (SSSR count). The Hall–Kier alpha value is -3.09. The fourth-order valence-corrected chi connectivity index (χ4v) is 3.67. The minimum absolute atomic E-state index is 0.280. The molecule has 0 fully saturated rings. The lowest BCUT2D eigenvalue weighted by molar-refractivity contribution is 0.0977. The van der Waals surface area contributed by atoms with Crippen LogP contribution in [-0.2, 0) is 6.42 Å². The normalized spacial score (nSPS) is 11.5. The van der Waals surface area contributed by atoms with Crippen molar-refractivity contribution in [3.05, 3.63) is 99.6 Å². The first-order chi connectivity index (χ1) is 15.1. The average Bonchev–Trinajstić information content (AvgIpc) is 3.18. The summed E-state index contributed by atoms with van der Waals surface area (Å²) >= 11 is 9.45. The first-order valence-electron chi connectivity index (χ1n) is 9.77. The molecule has 0 saturated carbocycles. The number of halogens is 2.